The predicted octanol–water partition coefficient (Wildman–Crippen LogP) is 2.70. The number of hydrogen-bond acceptors (Lipinski definition) is 5. The van der Waals surface area contributed by atoms with Gasteiger partial charge in [0.15, 0.2) is 5.82 Å². The molecule has 0 spiro atoms. The molecule has 1 aliphatic rings. The topological polar surface area (TPSA) is 51.0 Å². The quantitative estimate of drug-likeness (QED) is 0.876. The third-order valence-corrected chi connectivity index (χ3v) is 4.75. The van der Waals surface area contributed by atoms with Crippen molar-refractivity contribution in [3.63, 3.8) is 0 Å². The number of nitrogens with one attached hydrogen (secondary N) is 1. The van der Waals surface area contributed by atoms with Gasteiger partial charge in [-0.1, -0.05) is 18.0 Å². The molecule has 1 N–H and O–H groups in total. The van der Waals surface area contributed by atoms with E-state index in [9.17, 15) is 0 Å². The van der Waals surface area contributed by atoms with E-state index in [-0.39, 0.29) is 5.54 Å². The summed E-state index contributed by atoms with van der Waals surface area (Å²) in [5, 5.41) is 8.01. The second-order valence-electron chi connectivity index (χ2n) is 5.11. The normalized spacial score (nSPS) is 17.8. The molecule has 4 nitrogen and oxygen atoms in total. The van der Waals surface area contributed by atoms with Crippen LogP contribution in [-0.2, 0) is 11.3 Å². The van der Waals surface area contributed by atoms with E-state index in [1.54, 1.807) is 0 Å². The minimum absolute atomic E-state index is 0.247. The molecule has 1 aromatic heterocycles. The molecular formula is C12H21N3OS. The van der Waals surface area contributed by atoms with Crippen molar-refractivity contribution in [1.29, 1.82) is 0 Å². The molecule has 1 heterocycles. The van der Waals surface area contributed by atoms with Gasteiger partial charge in [0.1, 0.15) is 0 Å². The molecule has 1 fully saturated rings. The molecule has 1 aromatic rings. The summed E-state index contributed by atoms with van der Waals surface area (Å²) >= 11 is 1.96. The SMILES string of the molecule is CNC(C)(C)c1nc(CSC2CCCC2)no1. The molecule has 17 heavy (non-hydrogen) atoms. The van der Waals surface area contributed by atoms with Crippen LogP contribution >= 0.6 is 11.8 Å². The molecule has 0 atom stereocenters. The summed E-state index contributed by atoms with van der Waals surface area (Å²) in [6, 6.07) is 0. The Morgan fingerprint density at radius 3 is 2.76 bits per heavy atom. The number of rotatable bonds is 5. The van der Waals surface area contributed by atoms with Gasteiger partial charge in [-0.25, -0.2) is 0 Å². The second-order valence-corrected chi connectivity index (χ2v) is 6.40. The lowest BCUT2D eigenvalue weighted by atomic mass is 10.1. The van der Waals surface area contributed by atoms with Crippen molar-refractivity contribution in [3.05, 3.63) is 11.7 Å². The fraction of sp³-hybridized carbons (Fsp3) is 0.833. The van der Waals surface area contributed by atoms with Crippen molar-refractivity contribution in [3.8, 4) is 0 Å². The molecular weight excluding hydrogens is 234 g/mol. The van der Waals surface area contributed by atoms with Gasteiger partial charge in [0.2, 0.25) is 5.89 Å². The minimum atomic E-state index is -0.247. The van der Waals surface area contributed by atoms with Crippen LogP contribution < -0.4 is 5.32 Å². The van der Waals surface area contributed by atoms with E-state index in [0.29, 0.717) is 5.89 Å². The van der Waals surface area contributed by atoms with Crippen molar-refractivity contribution in [1.82, 2.24) is 15.5 Å². The van der Waals surface area contributed by atoms with Crippen LogP contribution in [0.1, 0.15) is 51.2 Å². The number of aromatic nitrogens is 2. The molecule has 0 bridgehead atoms. The lowest BCUT2D eigenvalue weighted by Gasteiger charge is -2.17. The molecule has 0 unspecified atom stereocenters. The van der Waals surface area contributed by atoms with Crippen molar-refractivity contribution >= 4 is 11.8 Å². The summed E-state index contributed by atoms with van der Waals surface area (Å²) in [5.74, 6) is 2.36. The third kappa shape index (κ3) is 3.22. The number of hydrogen-bond donors (Lipinski definition) is 1. The molecule has 0 radical (unpaired) electrons. The van der Waals surface area contributed by atoms with Gasteiger partial charge in [0.05, 0.1) is 11.3 Å². The van der Waals surface area contributed by atoms with Gasteiger partial charge in [-0.2, -0.15) is 16.7 Å². The van der Waals surface area contributed by atoms with Gasteiger partial charge in [-0.3, -0.25) is 0 Å². The first-order valence-electron chi connectivity index (χ1n) is 6.25. The Bertz CT molecular complexity index is 358. The fourth-order valence-electron chi connectivity index (χ4n) is 1.92. The largest absolute Gasteiger partial charge is 0.337 e. The molecule has 0 aliphatic heterocycles. The Morgan fingerprint density at radius 1 is 1.41 bits per heavy atom. The van der Waals surface area contributed by atoms with E-state index in [1.807, 2.05) is 32.7 Å². The summed E-state index contributed by atoms with van der Waals surface area (Å²) in [6.45, 7) is 4.07. The molecule has 2 rings (SSSR count). The molecule has 0 amide bonds. The van der Waals surface area contributed by atoms with E-state index in [2.05, 4.69) is 15.5 Å². The Hall–Kier alpha value is -0.550. The zero-order valence-electron chi connectivity index (χ0n) is 10.8. The lowest BCUT2D eigenvalue weighted by Crippen LogP contribution is -2.33. The molecule has 0 saturated heterocycles. The highest BCUT2D eigenvalue weighted by Gasteiger charge is 2.25. The van der Waals surface area contributed by atoms with Crippen LogP contribution in [0.2, 0.25) is 0 Å². The van der Waals surface area contributed by atoms with Crippen LogP contribution in [0.15, 0.2) is 4.52 Å². The lowest BCUT2D eigenvalue weighted by molar-refractivity contribution is 0.280. The Kier molecular flexibility index (Phi) is 4.09. The van der Waals surface area contributed by atoms with Crippen molar-refractivity contribution < 1.29 is 4.52 Å². The fourth-order valence-corrected chi connectivity index (χ4v) is 3.09. The Balaban J connectivity index is 1.89. The van der Waals surface area contributed by atoms with Crippen LogP contribution in [0.3, 0.4) is 0 Å². The minimum Gasteiger partial charge on any atom is -0.337 e. The van der Waals surface area contributed by atoms with E-state index < -0.39 is 0 Å². The molecule has 96 valence electrons. The monoisotopic (exact) mass is 255 g/mol. The maximum atomic E-state index is 5.30. The first-order valence-corrected chi connectivity index (χ1v) is 7.30. The first-order chi connectivity index (χ1) is 8.12. The van der Waals surface area contributed by atoms with Crippen molar-refractivity contribution in [2.75, 3.05) is 7.05 Å². The molecule has 1 saturated carbocycles. The molecule has 1 aliphatic carbocycles. The maximum Gasteiger partial charge on any atom is 0.246 e. The van der Waals surface area contributed by atoms with Gasteiger partial charge in [-0.15, -0.1) is 0 Å². The van der Waals surface area contributed by atoms with Gasteiger partial charge < -0.3 is 9.84 Å². The van der Waals surface area contributed by atoms with Crippen molar-refractivity contribution in [2.24, 2.45) is 0 Å². The maximum absolute atomic E-state index is 5.30. The van der Waals surface area contributed by atoms with Crippen LogP contribution in [0, 0.1) is 0 Å². The summed E-state index contributed by atoms with van der Waals surface area (Å²) in [5.41, 5.74) is -0.247. The van der Waals surface area contributed by atoms with Crippen LogP contribution in [0.25, 0.3) is 0 Å². The zero-order chi connectivity index (χ0) is 12.3. The molecule has 5 heteroatoms. The highest BCUT2D eigenvalue weighted by atomic mass is 32.2. The van der Waals surface area contributed by atoms with Crippen molar-refractivity contribution in [2.45, 2.75) is 56.1 Å². The van der Waals surface area contributed by atoms with Gasteiger partial charge >= 0.3 is 0 Å². The average molecular weight is 255 g/mol. The zero-order valence-corrected chi connectivity index (χ0v) is 11.6. The van der Waals surface area contributed by atoms with E-state index in [0.717, 1.165) is 16.8 Å². The molecule has 0 aromatic carbocycles. The Morgan fingerprint density at radius 2 is 2.12 bits per heavy atom. The second kappa shape index (κ2) is 5.40. The first kappa shape index (κ1) is 12.9. The Labute approximate surface area is 107 Å². The number of thioether (sulfide) groups is 1. The van der Waals surface area contributed by atoms with E-state index >= 15 is 0 Å². The van der Waals surface area contributed by atoms with Crippen LogP contribution in [-0.4, -0.2) is 22.4 Å². The van der Waals surface area contributed by atoms with Crippen LogP contribution in [0.4, 0.5) is 0 Å². The summed E-state index contributed by atoms with van der Waals surface area (Å²) in [6.07, 6.45) is 5.44. The van der Waals surface area contributed by atoms with Gasteiger partial charge in [0, 0.05) is 5.25 Å². The highest BCUT2D eigenvalue weighted by Crippen LogP contribution is 2.31. The van der Waals surface area contributed by atoms with E-state index in [1.165, 1.54) is 25.7 Å². The third-order valence-electron chi connectivity index (χ3n) is 3.38. The van der Waals surface area contributed by atoms with Gasteiger partial charge in [0.25, 0.3) is 0 Å². The summed E-state index contributed by atoms with van der Waals surface area (Å²) < 4.78 is 5.30. The number of nitrogens with zero attached hydrogens (tertiary/aromatic N) is 2. The van der Waals surface area contributed by atoms with Crippen LogP contribution in [0.5, 0.6) is 0 Å². The average Bonchev–Trinajstić information content (AvgIpc) is 2.97. The highest BCUT2D eigenvalue weighted by molar-refractivity contribution is 7.99. The predicted molar refractivity (Wildman–Crippen MR) is 69.9 cm³/mol. The summed E-state index contributed by atoms with van der Waals surface area (Å²) in [4.78, 5) is 4.45. The van der Waals surface area contributed by atoms with Gasteiger partial charge in [-0.05, 0) is 33.7 Å². The summed E-state index contributed by atoms with van der Waals surface area (Å²) in [7, 11) is 1.90. The smallest absolute Gasteiger partial charge is 0.246 e. The standard InChI is InChI=1S/C12H21N3OS/c1-12(2,13-3)11-14-10(15-16-11)8-17-9-6-4-5-7-9/h9,13H,4-8H2,1-3H3. The van der Waals surface area contributed by atoms with E-state index in [4.69, 9.17) is 4.52 Å².